The molecule has 0 aliphatic rings. The second-order valence-electron chi connectivity index (χ2n) is 6.43. The zero-order valence-electron chi connectivity index (χ0n) is 16.8. The molecule has 0 radical (unpaired) electrons. The molecule has 0 aliphatic carbocycles. The number of nitrogens with one attached hydrogen (secondary N) is 2. The lowest BCUT2D eigenvalue weighted by Crippen LogP contribution is -3.10. The van der Waals surface area contributed by atoms with E-state index in [9.17, 15) is 4.79 Å². The van der Waals surface area contributed by atoms with Crippen molar-refractivity contribution >= 4 is 23.0 Å². The van der Waals surface area contributed by atoms with Crippen molar-refractivity contribution < 1.29 is 14.4 Å². The van der Waals surface area contributed by atoms with Gasteiger partial charge in [-0.05, 0) is 51.5 Å². The van der Waals surface area contributed by atoms with Gasteiger partial charge in [0.05, 0.1) is 43.0 Å². The SMILES string of the molecule is CC[NH+](CC)Cc1cc(/C(C)=N\NC(=O)Cc2csc(C)n2)ccc1OC. The summed E-state index contributed by atoms with van der Waals surface area (Å²) in [6.45, 7) is 11.2. The fourth-order valence-electron chi connectivity index (χ4n) is 2.82. The summed E-state index contributed by atoms with van der Waals surface area (Å²) in [6, 6.07) is 6.03. The van der Waals surface area contributed by atoms with Crippen LogP contribution in [0.25, 0.3) is 0 Å². The molecule has 146 valence electrons. The Hall–Kier alpha value is -2.25. The Morgan fingerprint density at radius 1 is 1.33 bits per heavy atom. The summed E-state index contributed by atoms with van der Waals surface area (Å²) in [4.78, 5) is 17.9. The molecule has 2 aromatic rings. The molecule has 7 heteroatoms. The van der Waals surface area contributed by atoms with E-state index >= 15 is 0 Å². The number of amides is 1. The van der Waals surface area contributed by atoms with E-state index < -0.39 is 0 Å². The van der Waals surface area contributed by atoms with Gasteiger partial charge in [0.2, 0.25) is 5.91 Å². The van der Waals surface area contributed by atoms with Gasteiger partial charge in [0, 0.05) is 10.9 Å². The highest BCUT2D eigenvalue weighted by atomic mass is 32.1. The highest BCUT2D eigenvalue weighted by Crippen LogP contribution is 2.19. The van der Waals surface area contributed by atoms with Gasteiger partial charge in [-0.1, -0.05) is 0 Å². The van der Waals surface area contributed by atoms with E-state index in [4.69, 9.17) is 4.74 Å². The number of methoxy groups -OCH3 is 1. The number of hydrogen-bond acceptors (Lipinski definition) is 5. The van der Waals surface area contributed by atoms with E-state index in [1.54, 1.807) is 18.4 Å². The number of aromatic nitrogens is 1. The molecule has 0 saturated heterocycles. The lowest BCUT2D eigenvalue weighted by atomic mass is 10.1. The molecule has 0 atom stereocenters. The topological polar surface area (TPSA) is 68.0 Å². The van der Waals surface area contributed by atoms with Gasteiger partial charge in [-0.25, -0.2) is 10.4 Å². The van der Waals surface area contributed by atoms with Crippen LogP contribution in [0.1, 0.15) is 42.6 Å². The maximum Gasteiger partial charge on any atom is 0.246 e. The van der Waals surface area contributed by atoms with Crippen LogP contribution in [0.3, 0.4) is 0 Å². The Kier molecular flexibility index (Phi) is 7.94. The first kappa shape index (κ1) is 21.1. The van der Waals surface area contributed by atoms with Crippen LogP contribution in [0.5, 0.6) is 5.75 Å². The van der Waals surface area contributed by atoms with Gasteiger partial charge >= 0.3 is 0 Å². The second kappa shape index (κ2) is 10.2. The number of ether oxygens (including phenoxy) is 1. The first-order chi connectivity index (χ1) is 13.0. The van der Waals surface area contributed by atoms with Crippen LogP contribution in [0, 0.1) is 6.92 Å². The van der Waals surface area contributed by atoms with Gasteiger partial charge in [0.1, 0.15) is 12.3 Å². The maximum absolute atomic E-state index is 12.1. The normalized spacial score (nSPS) is 11.7. The number of hydrogen-bond donors (Lipinski definition) is 2. The molecule has 27 heavy (non-hydrogen) atoms. The molecular weight excluding hydrogens is 360 g/mol. The smallest absolute Gasteiger partial charge is 0.246 e. The van der Waals surface area contributed by atoms with Crippen molar-refractivity contribution in [1.82, 2.24) is 10.4 Å². The largest absolute Gasteiger partial charge is 0.496 e. The van der Waals surface area contributed by atoms with Crippen molar-refractivity contribution in [3.8, 4) is 5.75 Å². The van der Waals surface area contributed by atoms with E-state index in [0.29, 0.717) is 0 Å². The first-order valence-corrected chi connectivity index (χ1v) is 10.1. The standard InChI is InChI=1S/C20H28N4O2S/c1-6-24(7-2)12-17-10-16(8-9-19(17)26-5)14(3)22-23-20(25)11-18-13-27-15(4)21-18/h8-10,13H,6-7,11-12H2,1-5H3,(H,23,25)/p+1/b22-14-. The third-order valence-electron chi connectivity index (χ3n) is 4.50. The van der Waals surface area contributed by atoms with Gasteiger partial charge in [-0.15, -0.1) is 11.3 Å². The van der Waals surface area contributed by atoms with Crippen LogP contribution < -0.4 is 15.1 Å². The Labute approximate surface area is 165 Å². The van der Waals surface area contributed by atoms with Crippen molar-refractivity contribution in [2.75, 3.05) is 20.2 Å². The number of nitrogens with zero attached hydrogens (tertiary/aromatic N) is 2. The van der Waals surface area contributed by atoms with Gasteiger partial charge in [0.25, 0.3) is 0 Å². The predicted octanol–water partition coefficient (Wildman–Crippen LogP) is 1.97. The minimum absolute atomic E-state index is 0.166. The Morgan fingerprint density at radius 3 is 2.67 bits per heavy atom. The Balaban J connectivity index is 2.08. The summed E-state index contributed by atoms with van der Waals surface area (Å²) in [5.41, 5.74) is 6.28. The summed E-state index contributed by atoms with van der Waals surface area (Å²) in [6.07, 6.45) is 0.236. The molecule has 0 spiro atoms. The van der Waals surface area contributed by atoms with Gasteiger partial charge < -0.3 is 9.64 Å². The van der Waals surface area contributed by atoms with Crippen LogP contribution in [-0.4, -0.2) is 36.8 Å². The van der Waals surface area contributed by atoms with Crippen LogP contribution >= 0.6 is 11.3 Å². The molecule has 0 bridgehead atoms. The Bertz CT molecular complexity index is 797. The summed E-state index contributed by atoms with van der Waals surface area (Å²) in [5, 5.41) is 7.12. The lowest BCUT2D eigenvalue weighted by molar-refractivity contribution is -0.910. The number of carbonyl (C=O) groups excluding carboxylic acids is 1. The van der Waals surface area contributed by atoms with Crippen molar-refractivity contribution in [2.45, 2.75) is 40.7 Å². The zero-order chi connectivity index (χ0) is 19.8. The molecule has 0 fully saturated rings. The van der Waals surface area contributed by atoms with Crippen LogP contribution in [0.4, 0.5) is 0 Å². The van der Waals surface area contributed by atoms with Crippen molar-refractivity contribution in [3.05, 3.63) is 45.4 Å². The molecule has 1 aromatic heterocycles. The molecule has 2 N–H and O–H groups in total. The fourth-order valence-corrected chi connectivity index (χ4v) is 3.43. The molecule has 1 amide bonds. The number of rotatable bonds is 9. The quantitative estimate of drug-likeness (QED) is 0.509. The highest BCUT2D eigenvalue weighted by Gasteiger charge is 2.12. The third kappa shape index (κ3) is 6.15. The Morgan fingerprint density at radius 2 is 2.07 bits per heavy atom. The summed E-state index contributed by atoms with van der Waals surface area (Å²) in [7, 11) is 1.69. The minimum Gasteiger partial charge on any atom is -0.496 e. The maximum atomic E-state index is 12.1. The van der Waals surface area contributed by atoms with Crippen LogP contribution in [0.2, 0.25) is 0 Å². The predicted molar refractivity (Wildman–Crippen MR) is 110 cm³/mol. The van der Waals surface area contributed by atoms with Crippen LogP contribution in [0.15, 0.2) is 28.7 Å². The molecular formula is C20H29N4O2S+. The van der Waals surface area contributed by atoms with Gasteiger partial charge in [0.15, 0.2) is 0 Å². The molecule has 2 rings (SSSR count). The van der Waals surface area contributed by atoms with E-state index in [-0.39, 0.29) is 12.3 Å². The molecule has 1 heterocycles. The number of aryl methyl sites for hydroxylation is 1. The average molecular weight is 390 g/mol. The van der Waals surface area contributed by atoms with Gasteiger partial charge in [-0.3, -0.25) is 4.79 Å². The monoisotopic (exact) mass is 389 g/mol. The van der Waals surface area contributed by atoms with Gasteiger partial charge in [-0.2, -0.15) is 5.10 Å². The number of hydrazone groups is 1. The molecule has 1 aromatic carbocycles. The van der Waals surface area contributed by atoms with Crippen molar-refractivity contribution in [3.63, 3.8) is 0 Å². The van der Waals surface area contributed by atoms with E-state index in [0.717, 1.165) is 52.9 Å². The second-order valence-corrected chi connectivity index (χ2v) is 7.49. The lowest BCUT2D eigenvalue weighted by Gasteiger charge is -2.18. The molecule has 0 unspecified atom stereocenters. The highest BCUT2D eigenvalue weighted by molar-refractivity contribution is 7.09. The number of thiazole rings is 1. The van der Waals surface area contributed by atoms with E-state index in [2.05, 4.69) is 35.4 Å². The van der Waals surface area contributed by atoms with E-state index in [1.165, 1.54) is 4.90 Å². The molecule has 0 saturated carbocycles. The third-order valence-corrected chi connectivity index (χ3v) is 5.32. The number of benzene rings is 1. The van der Waals surface area contributed by atoms with Crippen LogP contribution in [-0.2, 0) is 17.8 Å². The summed E-state index contributed by atoms with van der Waals surface area (Å²) < 4.78 is 5.51. The number of carbonyl (C=O) groups is 1. The molecule has 6 nitrogen and oxygen atoms in total. The minimum atomic E-state index is -0.166. The summed E-state index contributed by atoms with van der Waals surface area (Å²) >= 11 is 1.54. The zero-order valence-corrected chi connectivity index (χ0v) is 17.6. The first-order valence-electron chi connectivity index (χ1n) is 9.21. The van der Waals surface area contributed by atoms with Crippen molar-refractivity contribution in [2.24, 2.45) is 5.10 Å². The number of quaternary nitrogens is 1. The fraction of sp³-hybridized carbons (Fsp3) is 0.450. The average Bonchev–Trinajstić information content (AvgIpc) is 3.08. The van der Waals surface area contributed by atoms with Crippen molar-refractivity contribution in [1.29, 1.82) is 0 Å². The summed E-state index contributed by atoms with van der Waals surface area (Å²) in [5.74, 6) is 0.717. The molecule has 0 aliphatic heterocycles. The van der Waals surface area contributed by atoms with E-state index in [1.807, 2.05) is 31.4 Å².